The molecule has 0 fully saturated rings. The van der Waals surface area contributed by atoms with Gasteiger partial charge in [-0.05, 0) is 74.5 Å². The molecule has 0 aromatic heterocycles. The van der Waals surface area contributed by atoms with Crippen molar-refractivity contribution in [2.75, 3.05) is 18.8 Å². The van der Waals surface area contributed by atoms with E-state index in [1.807, 2.05) is 31.0 Å². The Hall–Kier alpha value is -4.62. The average molecular weight is 438 g/mol. The van der Waals surface area contributed by atoms with Crippen LogP contribution in [-0.4, -0.2) is 23.0 Å². The lowest BCUT2D eigenvalue weighted by Gasteiger charge is -2.10. The predicted octanol–water partition coefficient (Wildman–Crippen LogP) is 5.32. The van der Waals surface area contributed by atoms with Crippen LogP contribution in [0.25, 0.3) is 0 Å². The highest BCUT2D eigenvalue weighted by Crippen LogP contribution is 2.20. The van der Waals surface area contributed by atoms with E-state index in [0.717, 1.165) is 24.2 Å². The normalized spacial score (nSPS) is 10.1. The summed E-state index contributed by atoms with van der Waals surface area (Å²) in [5, 5.41) is 21.8. The molecule has 7 heteroatoms. The summed E-state index contributed by atoms with van der Waals surface area (Å²) in [6.07, 6.45) is 0. The van der Waals surface area contributed by atoms with Crippen molar-refractivity contribution in [2.45, 2.75) is 13.8 Å². The van der Waals surface area contributed by atoms with Gasteiger partial charge in [-0.25, -0.2) is 0 Å². The van der Waals surface area contributed by atoms with E-state index in [2.05, 4.69) is 34.0 Å². The van der Waals surface area contributed by atoms with Crippen LogP contribution in [0.15, 0.2) is 77.1 Å². The van der Waals surface area contributed by atoms with Gasteiger partial charge in [-0.3, -0.25) is 15.1 Å². The lowest BCUT2D eigenvalue weighted by atomic mass is 10.1. The van der Waals surface area contributed by atoms with Gasteiger partial charge in [-0.2, -0.15) is 0 Å². The van der Waals surface area contributed by atoms with Crippen molar-refractivity contribution >= 4 is 17.1 Å². The van der Waals surface area contributed by atoms with E-state index in [1.54, 1.807) is 48.5 Å². The number of benzene rings is 3. The lowest BCUT2D eigenvalue weighted by molar-refractivity contribution is -0.385. The highest BCUT2D eigenvalue weighted by atomic mass is 16.6. The number of nitrogen functional groups attached to an aromatic ring is 1. The number of nitrogens with two attached hydrogens (primary N) is 1. The molecule has 0 spiro atoms. The van der Waals surface area contributed by atoms with E-state index < -0.39 is 4.92 Å². The van der Waals surface area contributed by atoms with Crippen LogP contribution in [-0.2, 0) is 0 Å². The molecule has 0 aliphatic carbocycles. The zero-order chi connectivity index (χ0) is 23.6. The Morgan fingerprint density at radius 1 is 0.848 bits per heavy atom. The lowest BCUT2D eigenvalue weighted by Crippen LogP contribution is -2.14. The van der Waals surface area contributed by atoms with Gasteiger partial charge >= 0.3 is 0 Å². The number of nitrogens with zero attached hydrogens (tertiary/aromatic N) is 4. The Kier molecular flexibility index (Phi) is 7.77. The van der Waals surface area contributed by atoms with Crippen LogP contribution in [0.3, 0.4) is 0 Å². The summed E-state index contributed by atoms with van der Waals surface area (Å²) < 4.78 is 0. The third-order valence-corrected chi connectivity index (χ3v) is 4.68. The van der Waals surface area contributed by atoms with Crippen molar-refractivity contribution in [3.8, 4) is 23.7 Å². The molecule has 0 atom stereocenters. The van der Waals surface area contributed by atoms with Crippen LogP contribution >= 0.6 is 0 Å². The molecule has 0 heterocycles. The molecule has 0 aliphatic rings. The smallest absolute Gasteiger partial charge is 0.286 e. The van der Waals surface area contributed by atoms with E-state index in [0.29, 0.717) is 22.5 Å². The van der Waals surface area contributed by atoms with Crippen LogP contribution < -0.4 is 5.73 Å². The highest BCUT2D eigenvalue weighted by molar-refractivity contribution is 5.58. The SMILES string of the molecule is CCN(CC)N=Nc1ccc(C#Cc2ccc(C#Cc3ccc(N)cc3)cc2[N+](=O)[O-])cc1. The summed E-state index contributed by atoms with van der Waals surface area (Å²) in [4.78, 5) is 11.1. The maximum atomic E-state index is 11.6. The number of anilines is 1. The van der Waals surface area contributed by atoms with E-state index in [4.69, 9.17) is 5.73 Å². The van der Waals surface area contributed by atoms with E-state index in [1.165, 1.54) is 6.07 Å². The average Bonchev–Trinajstić information content (AvgIpc) is 2.84. The largest absolute Gasteiger partial charge is 0.399 e. The Labute approximate surface area is 193 Å². The molecule has 0 unspecified atom stereocenters. The molecule has 0 aliphatic heterocycles. The number of nitro benzene ring substituents is 1. The minimum Gasteiger partial charge on any atom is -0.399 e. The van der Waals surface area contributed by atoms with Crippen LogP contribution in [0.1, 0.15) is 36.1 Å². The van der Waals surface area contributed by atoms with Crippen molar-refractivity contribution in [3.05, 3.63) is 99.1 Å². The molecule has 33 heavy (non-hydrogen) atoms. The van der Waals surface area contributed by atoms with Gasteiger partial charge in [0.2, 0.25) is 0 Å². The zero-order valence-corrected chi connectivity index (χ0v) is 18.4. The van der Waals surface area contributed by atoms with Crippen molar-refractivity contribution in [1.82, 2.24) is 5.01 Å². The van der Waals surface area contributed by atoms with Gasteiger partial charge in [0.1, 0.15) is 5.56 Å². The van der Waals surface area contributed by atoms with E-state index in [9.17, 15) is 10.1 Å². The Bertz CT molecular complexity index is 1270. The number of rotatable bonds is 5. The molecular formula is C26H23N5O2. The van der Waals surface area contributed by atoms with Gasteiger partial charge in [-0.1, -0.05) is 28.9 Å². The molecule has 3 aromatic carbocycles. The number of hydrogen-bond acceptors (Lipinski definition) is 5. The molecule has 0 saturated heterocycles. The first-order valence-electron chi connectivity index (χ1n) is 10.4. The second kappa shape index (κ2) is 11.1. The molecular weight excluding hydrogens is 414 g/mol. The van der Waals surface area contributed by atoms with Gasteiger partial charge in [0.25, 0.3) is 5.69 Å². The minimum atomic E-state index is -0.449. The van der Waals surface area contributed by atoms with E-state index >= 15 is 0 Å². The fraction of sp³-hybridized carbons (Fsp3) is 0.154. The van der Waals surface area contributed by atoms with Crippen LogP contribution in [0.4, 0.5) is 17.1 Å². The quantitative estimate of drug-likeness (QED) is 0.192. The number of hydrogen-bond donors (Lipinski definition) is 1. The Morgan fingerprint density at radius 3 is 2.00 bits per heavy atom. The first-order valence-corrected chi connectivity index (χ1v) is 10.4. The standard InChI is InChI=1S/C26H23N5O2/c1-3-30(4-2)29-28-25-17-11-21(12-18-25)7-13-23-14-8-22(19-26(23)31(32)33)6-5-20-9-15-24(27)16-10-20/h8-12,14-19H,3-4,27H2,1-2H3. The fourth-order valence-electron chi connectivity index (χ4n) is 2.79. The topological polar surface area (TPSA) is 97.1 Å². The van der Waals surface area contributed by atoms with Crippen LogP contribution in [0, 0.1) is 33.8 Å². The van der Waals surface area contributed by atoms with Crippen molar-refractivity contribution < 1.29 is 4.92 Å². The third kappa shape index (κ3) is 6.68. The van der Waals surface area contributed by atoms with Crippen molar-refractivity contribution in [1.29, 1.82) is 0 Å². The molecule has 2 N–H and O–H groups in total. The monoisotopic (exact) mass is 437 g/mol. The molecule has 0 radical (unpaired) electrons. The minimum absolute atomic E-state index is 0.0868. The zero-order valence-electron chi connectivity index (χ0n) is 18.4. The highest BCUT2D eigenvalue weighted by Gasteiger charge is 2.12. The summed E-state index contributed by atoms with van der Waals surface area (Å²) in [5.41, 5.74) is 9.30. The summed E-state index contributed by atoms with van der Waals surface area (Å²) in [6, 6.07) is 19.1. The molecule has 0 amide bonds. The first kappa shape index (κ1) is 23.1. The van der Waals surface area contributed by atoms with Crippen LogP contribution in [0.2, 0.25) is 0 Å². The summed E-state index contributed by atoms with van der Waals surface area (Å²) in [7, 11) is 0. The maximum Gasteiger partial charge on any atom is 0.286 e. The predicted molar refractivity (Wildman–Crippen MR) is 130 cm³/mol. The third-order valence-electron chi connectivity index (χ3n) is 4.68. The van der Waals surface area contributed by atoms with E-state index in [-0.39, 0.29) is 5.69 Å². The fourth-order valence-corrected chi connectivity index (χ4v) is 2.79. The number of nitro groups is 1. The van der Waals surface area contributed by atoms with Gasteiger partial charge < -0.3 is 5.73 Å². The first-order chi connectivity index (χ1) is 16.0. The second-order valence-electron chi connectivity index (χ2n) is 6.99. The molecule has 7 nitrogen and oxygen atoms in total. The summed E-state index contributed by atoms with van der Waals surface area (Å²) in [6.45, 7) is 5.60. The molecule has 0 bridgehead atoms. The summed E-state index contributed by atoms with van der Waals surface area (Å²) >= 11 is 0. The molecule has 3 aromatic rings. The second-order valence-corrected chi connectivity index (χ2v) is 6.99. The molecule has 3 rings (SSSR count). The Morgan fingerprint density at radius 2 is 1.39 bits per heavy atom. The van der Waals surface area contributed by atoms with Gasteiger partial charge in [-0.15, -0.1) is 5.11 Å². The van der Waals surface area contributed by atoms with Crippen molar-refractivity contribution in [3.63, 3.8) is 0 Å². The van der Waals surface area contributed by atoms with Gasteiger partial charge in [0, 0.05) is 41.5 Å². The molecule has 0 saturated carbocycles. The maximum absolute atomic E-state index is 11.6. The summed E-state index contributed by atoms with van der Waals surface area (Å²) in [5.74, 6) is 11.8. The van der Waals surface area contributed by atoms with Crippen molar-refractivity contribution in [2.24, 2.45) is 10.3 Å². The van der Waals surface area contributed by atoms with Crippen LogP contribution in [0.5, 0.6) is 0 Å². The molecule has 164 valence electrons. The Balaban J connectivity index is 1.79. The van der Waals surface area contributed by atoms with Gasteiger partial charge in [0.05, 0.1) is 10.6 Å². The van der Waals surface area contributed by atoms with Gasteiger partial charge in [0.15, 0.2) is 0 Å².